The molecule has 1 fully saturated rings. The van der Waals surface area contributed by atoms with Gasteiger partial charge in [0.2, 0.25) is 0 Å². The predicted molar refractivity (Wildman–Crippen MR) is 98.0 cm³/mol. The molecule has 0 saturated carbocycles. The monoisotopic (exact) mass is 421 g/mol. The first-order valence-electron chi connectivity index (χ1n) is 7.89. The summed E-state index contributed by atoms with van der Waals surface area (Å²) in [4.78, 5) is 22.0. The number of carbonyl (C=O) groups is 1. The van der Waals surface area contributed by atoms with Crippen molar-refractivity contribution in [2.45, 2.75) is 6.54 Å². The minimum atomic E-state index is -0.0475. The van der Waals surface area contributed by atoms with Crippen LogP contribution in [0.25, 0.3) is 0 Å². The number of amides is 1. The van der Waals surface area contributed by atoms with Crippen LogP contribution >= 0.6 is 27.3 Å². The third-order valence-electron chi connectivity index (χ3n) is 4.03. The lowest BCUT2D eigenvalue weighted by molar-refractivity contribution is 0.0714. The fourth-order valence-electron chi connectivity index (χ4n) is 2.76. The largest absolute Gasteiger partial charge is 0.459 e. The Balaban J connectivity index is 1.35. The highest BCUT2D eigenvalue weighted by Gasteiger charge is 2.25. The Bertz CT molecular complexity index is 852. The van der Waals surface area contributed by atoms with E-state index in [0.29, 0.717) is 25.4 Å². The highest BCUT2D eigenvalue weighted by Crippen LogP contribution is 2.25. The molecule has 0 bridgehead atoms. The quantitative estimate of drug-likeness (QED) is 0.647. The number of furan rings is 1. The van der Waals surface area contributed by atoms with Crippen LogP contribution in [0.3, 0.4) is 0 Å². The van der Waals surface area contributed by atoms with Gasteiger partial charge in [0, 0.05) is 43.4 Å². The number of anilines is 1. The summed E-state index contributed by atoms with van der Waals surface area (Å²) in [7, 11) is 0. The zero-order valence-electron chi connectivity index (χ0n) is 13.3. The Morgan fingerprint density at radius 3 is 2.80 bits per heavy atom. The number of halogens is 1. The molecule has 1 aliphatic heterocycles. The average Bonchev–Trinajstić information content (AvgIpc) is 3.37. The van der Waals surface area contributed by atoms with Gasteiger partial charge in [0.25, 0.3) is 5.91 Å². The molecule has 0 atom stereocenters. The third kappa shape index (κ3) is 3.62. The molecule has 1 amide bonds. The Kier molecular flexibility index (Phi) is 4.58. The molecule has 25 heavy (non-hydrogen) atoms. The molecule has 7 nitrogen and oxygen atoms in total. The third-order valence-corrected chi connectivity index (χ3v) is 5.48. The molecule has 4 rings (SSSR count). The van der Waals surface area contributed by atoms with Crippen LogP contribution in [-0.2, 0) is 6.54 Å². The molecule has 0 radical (unpaired) electrons. The summed E-state index contributed by atoms with van der Waals surface area (Å²) < 4.78 is 8.04. The van der Waals surface area contributed by atoms with Crippen molar-refractivity contribution in [1.29, 1.82) is 0 Å². The molecule has 9 heteroatoms. The highest BCUT2D eigenvalue weighted by molar-refractivity contribution is 9.10. The molecule has 0 aliphatic carbocycles. The minimum Gasteiger partial charge on any atom is -0.459 e. The van der Waals surface area contributed by atoms with Crippen molar-refractivity contribution in [1.82, 2.24) is 19.7 Å². The van der Waals surface area contributed by atoms with E-state index in [2.05, 4.69) is 30.9 Å². The van der Waals surface area contributed by atoms with Crippen molar-refractivity contribution >= 4 is 38.3 Å². The summed E-state index contributed by atoms with van der Waals surface area (Å²) in [5.41, 5.74) is 0. The number of piperazine rings is 1. The zero-order chi connectivity index (χ0) is 17.2. The van der Waals surface area contributed by atoms with E-state index in [1.807, 2.05) is 22.0 Å². The van der Waals surface area contributed by atoms with Crippen LogP contribution in [0.15, 0.2) is 45.9 Å². The van der Waals surface area contributed by atoms with Crippen molar-refractivity contribution in [2.75, 3.05) is 31.1 Å². The molecule has 3 aromatic rings. The SMILES string of the molecule is O=C(c1ccco1)N1CCN(c2ncc(Cn3cc(Br)cn3)s2)CC1. The molecule has 0 aromatic carbocycles. The Morgan fingerprint density at radius 1 is 1.28 bits per heavy atom. The molecule has 1 saturated heterocycles. The number of hydrogen-bond donors (Lipinski definition) is 0. The summed E-state index contributed by atoms with van der Waals surface area (Å²) in [6.45, 7) is 3.58. The molecular weight excluding hydrogens is 406 g/mol. The second kappa shape index (κ2) is 7.01. The maximum atomic E-state index is 12.3. The number of nitrogens with zero attached hydrogens (tertiary/aromatic N) is 5. The number of thiazole rings is 1. The first-order valence-corrected chi connectivity index (χ1v) is 9.50. The topological polar surface area (TPSA) is 67.4 Å². The summed E-state index contributed by atoms with van der Waals surface area (Å²) in [6.07, 6.45) is 7.14. The zero-order valence-corrected chi connectivity index (χ0v) is 15.7. The van der Waals surface area contributed by atoms with Gasteiger partial charge < -0.3 is 14.2 Å². The lowest BCUT2D eigenvalue weighted by Crippen LogP contribution is -2.48. The van der Waals surface area contributed by atoms with E-state index < -0.39 is 0 Å². The lowest BCUT2D eigenvalue weighted by Gasteiger charge is -2.34. The summed E-state index contributed by atoms with van der Waals surface area (Å²) in [5.74, 6) is 0.351. The highest BCUT2D eigenvalue weighted by atomic mass is 79.9. The van der Waals surface area contributed by atoms with Crippen molar-refractivity contribution < 1.29 is 9.21 Å². The van der Waals surface area contributed by atoms with Crippen LogP contribution < -0.4 is 4.90 Å². The summed E-state index contributed by atoms with van der Waals surface area (Å²) >= 11 is 5.07. The Labute approximate surface area is 157 Å². The van der Waals surface area contributed by atoms with E-state index in [1.165, 1.54) is 6.26 Å². The Morgan fingerprint density at radius 2 is 2.12 bits per heavy atom. The minimum absolute atomic E-state index is 0.0475. The second-order valence-electron chi connectivity index (χ2n) is 5.72. The molecule has 1 aliphatic rings. The van der Waals surface area contributed by atoms with Crippen molar-refractivity contribution in [3.05, 3.63) is 52.1 Å². The maximum absolute atomic E-state index is 12.3. The van der Waals surface area contributed by atoms with Gasteiger partial charge in [-0.1, -0.05) is 11.3 Å². The van der Waals surface area contributed by atoms with Crippen molar-refractivity contribution in [2.24, 2.45) is 0 Å². The van der Waals surface area contributed by atoms with Gasteiger partial charge in [0.15, 0.2) is 10.9 Å². The summed E-state index contributed by atoms with van der Waals surface area (Å²) in [6, 6.07) is 3.44. The predicted octanol–water partition coefficient (Wildman–Crippen LogP) is 2.71. The maximum Gasteiger partial charge on any atom is 0.289 e. The number of rotatable bonds is 4. The molecular formula is C16H16BrN5O2S. The van der Waals surface area contributed by atoms with Gasteiger partial charge in [-0.2, -0.15) is 5.10 Å². The van der Waals surface area contributed by atoms with E-state index >= 15 is 0 Å². The van der Waals surface area contributed by atoms with Crippen LogP contribution in [0, 0.1) is 0 Å². The molecule has 130 valence electrons. The van der Waals surface area contributed by atoms with Crippen LogP contribution in [-0.4, -0.2) is 51.8 Å². The lowest BCUT2D eigenvalue weighted by atomic mass is 10.3. The van der Waals surface area contributed by atoms with Crippen molar-refractivity contribution in [3.63, 3.8) is 0 Å². The van der Waals surface area contributed by atoms with Gasteiger partial charge in [-0.25, -0.2) is 4.98 Å². The average molecular weight is 422 g/mol. The fraction of sp³-hybridized carbons (Fsp3) is 0.312. The van der Waals surface area contributed by atoms with E-state index in [-0.39, 0.29) is 5.91 Å². The van der Waals surface area contributed by atoms with E-state index in [9.17, 15) is 4.79 Å². The van der Waals surface area contributed by atoms with Gasteiger partial charge in [0.05, 0.1) is 23.5 Å². The summed E-state index contributed by atoms with van der Waals surface area (Å²) in [5, 5.41) is 5.26. The van der Waals surface area contributed by atoms with E-state index in [0.717, 1.165) is 27.6 Å². The van der Waals surface area contributed by atoms with Crippen LogP contribution in [0.4, 0.5) is 5.13 Å². The van der Waals surface area contributed by atoms with Gasteiger partial charge >= 0.3 is 0 Å². The molecule has 0 N–H and O–H groups in total. The van der Waals surface area contributed by atoms with E-state index in [4.69, 9.17) is 4.42 Å². The Hall–Kier alpha value is -2.13. The van der Waals surface area contributed by atoms with Crippen LogP contribution in [0.2, 0.25) is 0 Å². The fourth-order valence-corrected chi connectivity index (χ4v) is 4.04. The normalized spacial score (nSPS) is 14.9. The first-order chi connectivity index (χ1) is 12.2. The molecule has 0 spiro atoms. The van der Waals surface area contributed by atoms with Gasteiger partial charge in [-0.15, -0.1) is 0 Å². The van der Waals surface area contributed by atoms with E-state index in [1.54, 1.807) is 29.7 Å². The standard InChI is InChI=1S/C16H16BrN5O2S/c17-12-8-19-22(10-12)11-13-9-18-16(25-13)21-5-3-20(4-6-21)15(23)14-2-1-7-24-14/h1-2,7-10H,3-6,11H2. The second-order valence-corrected chi connectivity index (χ2v) is 7.73. The van der Waals surface area contributed by atoms with Gasteiger partial charge in [-0.05, 0) is 28.1 Å². The van der Waals surface area contributed by atoms with Crippen molar-refractivity contribution in [3.8, 4) is 0 Å². The first kappa shape index (κ1) is 16.3. The molecule has 0 unspecified atom stereocenters. The molecule has 4 heterocycles. The molecule has 3 aromatic heterocycles. The van der Waals surface area contributed by atoms with Gasteiger partial charge in [0.1, 0.15) is 0 Å². The smallest absolute Gasteiger partial charge is 0.289 e. The number of carbonyl (C=O) groups excluding carboxylic acids is 1. The van der Waals surface area contributed by atoms with Crippen LogP contribution in [0.5, 0.6) is 0 Å². The van der Waals surface area contributed by atoms with Gasteiger partial charge in [-0.3, -0.25) is 9.48 Å². The number of hydrogen-bond acceptors (Lipinski definition) is 6. The van der Waals surface area contributed by atoms with Crippen LogP contribution in [0.1, 0.15) is 15.4 Å². The number of aromatic nitrogens is 3.